The number of likely N-dealkylation sites (tertiary alicyclic amines) is 1. The molecule has 0 aromatic carbocycles. The summed E-state index contributed by atoms with van der Waals surface area (Å²) in [6.07, 6.45) is 3.85. The van der Waals surface area contributed by atoms with Crippen LogP contribution in [0.3, 0.4) is 0 Å². The molecule has 0 aromatic rings. The van der Waals surface area contributed by atoms with Crippen LogP contribution in [0.15, 0.2) is 12.3 Å². The summed E-state index contributed by atoms with van der Waals surface area (Å²) < 4.78 is 0. The maximum absolute atomic E-state index is 4.24. The van der Waals surface area contributed by atoms with Crippen molar-refractivity contribution in [3.05, 3.63) is 12.3 Å². The van der Waals surface area contributed by atoms with Crippen molar-refractivity contribution in [2.45, 2.75) is 59.0 Å². The summed E-state index contributed by atoms with van der Waals surface area (Å²) in [6.45, 7) is 15.8. The molecule has 0 amide bonds. The molecular formula is C15H30N2. The second-order valence-electron chi connectivity index (χ2n) is 6.05. The quantitative estimate of drug-likeness (QED) is 0.725. The predicted molar refractivity (Wildman–Crippen MR) is 76.1 cm³/mol. The molecule has 0 radical (unpaired) electrons. The summed E-state index contributed by atoms with van der Waals surface area (Å²) in [6, 6.07) is 1.27. The molecule has 2 heteroatoms. The van der Waals surface area contributed by atoms with Crippen molar-refractivity contribution < 1.29 is 0 Å². The molecule has 2 nitrogen and oxygen atoms in total. The zero-order valence-electron chi connectivity index (χ0n) is 12.4. The van der Waals surface area contributed by atoms with E-state index in [9.17, 15) is 0 Å². The molecule has 17 heavy (non-hydrogen) atoms. The minimum Gasteiger partial charge on any atom is -0.376 e. The highest BCUT2D eigenvalue weighted by atomic mass is 15.2. The fourth-order valence-electron chi connectivity index (χ4n) is 2.52. The van der Waals surface area contributed by atoms with Crippen LogP contribution in [0.4, 0.5) is 0 Å². The van der Waals surface area contributed by atoms with E-state index < -0.39 is 0 Å². The van der Waals surface area contributed by atoms with E-state index in [0.29, 0.717) is 12.1 Å². The summed E-state index contributed by atoms with van der Waals surface area (Å²) in [5, 5.41) is 0. The van der Waals surface area contributed by atoms with E-state index in [1.54, 1.807) is 0 Å². The van der Waals surface area contributed by atoms with Crippen LogP contribution in [0.5, 0.6) is 0 Å². The molecule has 0 unspecified atom stereocenters. The van der Waals surface area contributed by atoms with Gasteiger partial charge in [-0.3, -0.25) is 0 Å². The summed E-state index contributed by atoms with van der Waals surface area (Å²) in [5.41, 5.74) is 1.31. The summed E-state index contributed by atoms with van der Waals surface area (Å²) in [5.74, 6) is 0.846. The number of piperidine rings is 1. The molecule has 1 aliphatic rings. The smallest absolute Gasteiger partial charge is 0.0226 e. The lowest BCUT2D eigenvalue weighted by Crippen LogP contribution is -2.39. The van der Waals surface area contributed by atoms with Gasteiger partial charge in [0.2, 0.25) is 0 Å². The predicted octanol–water partition coefficient (Wildman–Crippen LogP) is 3.35. The van der Waals surface area contributed by atoms with E-state index in [2.05, 4.69) is 51.1 Å². The molecule has 0 atom stereocenters. The number of hydrogen-bond acceptors (Lipinski definition) is 2. The SMILES string of the molecule is C=C(CC1CCN(C(C)C)CC1)N(C)C(C)C. The number of nitrogens with zero attached hydrogens (tertiary/aromatic N) is 2. The largest absolute Gasteiger partial charge is 0.376 e. The van der Waals surface area contributed by atoms with Gasteiger partial charge in [-0.25, -0.2) is 0 Å². The van der Waals surface area contributed by atoms with Crippen LogP contribution in [0.2, 0.25) is 0 Å². The normalized spacial score (nSPS) is 19.0. The molecule has 0 aromatic heterocycles. The molecule has 0 saturated carbocycles. The van der Waals surface area contributed by atoms with Crippen molar-refractivity contribution in [2.24, 2.45) is 5.92 Å². The van der Waals surface area contributed by atoms with E-state index in [0.717, 1.165) is 5.92 Å². The van der Waals surface area contributed by atoms with Crippen LogP contribution in [-0.2, 0) is 0 Å². The lowest BCUT2D eigenvalue weighted by molar-refractivity contribution is 0.145. The maximum atomic E-state index is 4.24. The minimum atomic E-state index is 0.568. The third kappa shape index (κ3) is 4.34. The second kappa shape index (κ2) is 6.44. The number of allylic oxidation sites excluding steroid dienone is 1. The first-order chi connectivity index (χ1) is 7.91. The molecular weight excluding hydrogens is 208 g/mol. The van der Waals surface area contributed by atoms with E-state index in [4.69, 9.17) is 0 Å². The fraction of sp³-hybridized carbons (Fsp3) is 0.867. The van der Waals surface area contributed by atoms with Crippen LogP contribution in [0.25, 0.3) is 0 Å². The monoisotopic (exact) mass is 238 g/mol. The van der Waals surface area contributed by atoms with Crippen molar-refractivity contribution in [3.63, 3.8) is 0 Å². The highest BCUT2D eigenvalue weighted by molar-refractivity contribution is 4.96. The lowest BCUT2D eigenvalue weighted by Gasteiger charge is -2.36. The van der Waals surface area contributed by atoms with Crippen molar-refractivity contribution in [2.75, 3.05) is 20.1 Å². The van der Waals surface area contributed by atoms with Gasteiger partial charge >= 0.3 is 0 Å². The zero-order valence-corrected chi connectivity index (χ0v) is 12.4. The highest BCUT2D eigenvalue weighted by Crippen LogP contribution is 2.25. The average Bonchev–Trinajstić information content (AvgIpc) is 2.28. The number of rotatable bonds is 5. The molecule has 1 saturated heterocycles. The minimum absolute atomic E-state index is 0.568. The first kappa shape index (κ1) is 14.6. The Morgan fingerprint density at radius 3 is 2.18 bits per heavy atom. The lowest BCUT2D eigenvalue weighted by atomic mass is 9.91. The topological polar surface area (TPSA) is 6.48 Å². The fourth-order valence-corrected chi connectivity index (χ4v) is 2.52. The summed E-state index contributed by atoms with van der Waals surface area (Å²) in [4.78, 5) is 4.90. The first-order valence-corrected chi connectivity index (χ1v) is 7.06. The Morgan fingerprint density at radius 2 is 1.76 bits per heavy atom. The Hall–Kier alpha value is -0.500. The van der Waals surface area contributed by atoms with Gasteiger partial charge in [-0.15, -0.1) is 0 Å². The molecule has 0 bridgehead atoms. The standard InChI is InChI=1S/C15H30N2/c1-12(2)16(6)14(5)11-15-7-9-17(10-8-15)13(3)4/h12-13,15H,5,7-11H2,1-4,6H3. The first-order valence-electron chi connectivity index (χ1n) is 7.06. The molecule has 0 aliphatic carbocycles. The Balaban J connectivity index is 2.33. The van der Waals surface area contributed by atoms with Gasteiger partial charge in [0.05, 0.1) is 0 Å². The Bertz CT molecular complexity index is 237. The van der Waals surface area contributed by atoms with Gasteiger partial charge in [0.15, 0.2) is 0 Å². The van der Waals surface area contributed by atoms with Crippen LogP contribution in [0, 0.1) is 5.92 Å². The molecule has 0 spiro atoms. The van der Waals surface area contributed by atoms with Crippen molar-refractivity contribution in [1.82, 2.24) is 9.80 Å². The number of hydrogen-bond donors (Lipinski definition) is 0. The van der Waals surface area contributed by atoms with Gasteiger partial charge in [-0.05, 0) is 66.0 Å². The van der Waals surface area contributed by atoms with Crippen LogP contribution < -0.4 is 0 Å². The summed E-state index contributed by atoms with van der Waals surface area (Å²) >= 11 is 0. The molecule has 100 valence electrons. The van der Waals surface area contributed by atoms with Crippen LogP contribution in [-0.4, -0.2) is 42.0 Å². The van der Waals surface area contributed by atoms with Gasteiger partial charge in [0.25, 0.3) is 0 Å². The van der Waals surface area contributed by atoms with Gasteiger partial charge < -0.3 is 9.80 Å². The van der Waals surface area contributed by atoms with Crippen LogP contribution in [0.1, 0.15) is 47.0 Å². The van der Waals surface area contributed by atoms with Gasteiger partial charge in [0.1, 0.15) is 0 Å². The molecule has 1 aliphatic heterocycles. The van der Waals surface area contributed by atoms with Crippen molar-refractivity contribution in [3.8, 4) is 0 Å². The third-order valence-corrected chi connectivity index (χ3v) is 4.18. The van der Waals surface area contributed by atoms with E-state index in [1.807, 2.05) is 0 Å². The molecule has 0 N–H and O–H groups in total. The third-order valence-electron chi connectivity index (χ3n) is 4.18. The van der Waals surface area contributed by atoms with E-state index >= 15 is 0 Å². The van der Waals surface area contributed by atoms with E-state index in [-0.39, 0.29) is 0 Å². The van der Waals surface area contributed by atoms with Crippen molar-refractivity contribution >= 4 is 0 Å². The van der Waals surface area contributed by atoms with Gasteiger partial charge in [0, 0.05) is 24.8 Å². The Morgan fingerprint density at radius 1 is 1.24 bits per heavy atom. The van der Waals surface area contributed by atoms with Crippen molar-refractivity contribution in [1.29, 1.82) is 0 Å². The zero-order chi connectivity index (χ0) is 13.0. The Kier molecular flexibility index (Phi) is 5.51. The van der Waals surface area contributed by atoms with Crippen LogP contribution >= 0.6 is 0 Å². The second-order valence-corrected chi connectivity index (χ2v) is 6.05. The summed E-state index contributed by atoms with van der Waals surface area (Å²) in [7, 11) is 2.16. The Labute approximate surface area is 108 Å². The highest BCUT2D eigenvalue weighted by Gasteiger charge is 2.22. The molecule has 1 rings (SSSR count). The van der Waals surface area contributed by atoms with Gasteiger partial charge in [-0.2, -0.15) is 0 Å². The maximum Gasteiger partial charge on any atom is 0.0226 e. The molecule has 1 fully saturated rings. The van der Waals surface area contributed by atoms with Gasteiger partial charge in [-0.1, -0.05) is 6.58 Å². The van der Waals surface area contributed by atoms with E-state index in [1.165, 1.54) is 38.0 Å². The molecule has 1 heterocycles. The average molecular weight is 238 g/mol.